The molecule has 1 aromatic rings. The number of carbonyl (C=O) groups is 2. The molecule has 2 amide bonds. The van der Waals surface area contributed by atoms with Gasteiger partial charge in [-0.2, -0.15) is 0 Å². The Morgan fingerprint density at radius 3 is 2.35 bits per heavy atom. The minimum Gasteiger partial charge on any atom is -0.335 e. The van der Waals surface area contributed by atoms with Gasteiger partial charge in [-0.05, 0) is 33.5 Å². The van der Waals surface area contributed by atoms with E-state index in [2.05, 4.69) is 26.2 Å². The highest BCUT2D eigenvalue weighted by Gasteiger charge is 2.30. The van der Waals surface area contributed by atoms with Crippen LogP contribution in [0.4, 0.5) is 5.82 Å². The van der Waals surface area contributed by atoms with Gasteiger partial charge in [0.15, 0.2) is 0 Å². The van der Waals surface area contributed by atoms with E-state index in [-0.39, 0.29) is 48.6 Å². The molecule has 0 saturated heterocycles. The number of halogens is 3. The first-order chi connectivity index (χ1) is 9.61. The number of rotatable bonds is 4. The number of nitrogens with one attached hydrogen (secondary N) is 1. The number of likely N-dealkylation sites (N-methyl/N-ethyl adjacent to an activating group) is 1. The van der Waals surface area contributed by atoms with Crippen molar-refractivity contribution in [3.63, 3.8) is 0 Å². The number of aromatic nitrogens is 1. The summed E-state index contributed by atoms with van der Waals surface area (Å²) in [5, 5.41) is 2.63. The van der Waals surface area contributed by atoms with Gasteiger partial charge in [-0.3, -0.25) is 9.59 Å². The first-order valence-electron chi connectivity index (χ1n) is 6.53. The van der Waals surface area contributed by atoms with Gasteiger partial charge in [-0.15, -0.1) is 24.8 Å². The van der Waals surface area contributed by atoms with Gasteiger partial charge in [0, 0.05) is 17.7 Å². The maximum atomic E-state index is 12.1. The number of nitrogens with two attached hydrogens (primary N) is 1. The number of carbonyl (C=O) groups excluding carboxylic acids is 2. The second-order valence-electron chi connectivity index (χ2n) is 5.95. The molecule has 0 bridgehead atoms. The molecular formula is C14H23BrCl2N4O2. The van der Waals surface area contributed by atoms with Crippen LogP contribution >= 0.6 is 40.7 Å². The predicted octanol–water partition coefficient (Wildman–Crippen LogP) is 2.46. The van der Waals surface area contributed by atoms with Crippen LogP contribution in [0.5, 0.6) is 0 Å². The Labute approximate surface area is 157 Å². The maximum absolute atomic E-state index is 12.1. The molecule has 132 valence electrons. The van der Waals surface area contributed by atoms with Gasteiger partial charge in [0.2, 0.25) is 11.8 Å². The fourth-order valence-electron chi connectivity index (χ4n) is 1.53. The number of pyridine rings is 1. The topological polar surface area (TPSA) is 88.3 Å². The van der Waals surface area contributed by atoms with Crippen LogP contribution < -0.4 is 11.1 Å². The van der Waals surface area contributed by atoms with E-state index in [0.29, 0.717) is 5.82 Å². The highest BCUT2D eigenvalue weighted by Crippen LogP contribution is 2.18. The van der Waals surface area contributed by atoms with Crippen LogP contribution in [0.1, 0.15) is 20.8 Å². The lowest BCUT2D eigenvalue weighted by Gasteiger charge is -2.29. The van der Waals surface area contributed by atoms with Gasteiger partial charge in [0.05, 0.1) is 12.6 Å². The Hall–Kier alpha value is -0.890. The highest BCUT2D eigenvalue weighted by molar-refractivity contribution is 9.10. The molecule has 0 fully saturated rings. The van der Waals surface area contributed by atoms with Crippen LogP contribution in [0.2, 0.25) is 0 Å². The fraction of sp³-hybridized carbons (Fsp3) is 0.500. The molecule has 6 nitrogen and oxygen atoms in total. The summed E-state index contributed by atoms with van der Waals surface area (Å²) in [5.74, 6) is -0.146. The van der Waals surface area contributed by atoms with Crippen molar-refractivity contribution in [3.8, 4) is 0 Å². The lowest BCUT2D eigenvalue weighted by molar-refractivity contribution is -0.136. The summed E-state index contributed by atoms with van der Waals surface area (Å²) in [6, 6.07) is 2.79. The molecule has 0 aliphatic rings. The summed E-state index contributed by atoms with van der Waals surface area (Å²) < 4.78 is 0.823. The van der Waals surface area contributed by atoms with E-state index in [9.17, 15) is 9.59 Å². The number of hydrogen-bond donors (Lipinski definition) is 2. The molecule has 1 aromatic heterocycles. The molecule has 1 heterocycles. The normalized spacial score (nSPS) is 11.6. The van der Waals surface area contributed by atoms with Crippen molar-refractivity contribution >= 4 is 58.4 Å². The van der Waals surface area contributed by atoms with Crippen LogP contribution in [-0.2, 0) is 9.59 Å². The van der Waals surface area contributed by atoms with Crippen molar-refractivity contribution in [2.24, 2.45) is 11.1 Å². The van der Waals surface area contributed by atoms with Crippen molar-refractivity contribution < 1.29 is 9.59 Å². The van der Waals surface area contributed by atoms with Gasteiger partial charge in [0.1, 0.15) is 5.82 Å². The van der Waals surface area contributed by atoms with Gasteiger partial charge in [-0.1, -0.05) is 20.8 Å². The first-order valence-corrected chi connectivity index (χ1v) is 7.32. The Bertz CT molecular complexity index is 521. The van der Waals surface area contributed by atoms with E-state index in [1.54, 1.807) is 25.4 Å². The van der Waals surface area contributed by atoms with E-state index >= 15 is 0 Å². The monoisotopic (exact) mass is 428 g/mol. The zero-order valence-corrected chi connectivity index (χ0v) is 16.7. The highest BCUT2D eigenvalue weighted by atomic mass is 79.9. The van der Waals surface area contributed by atoms with E-state index in [1.165, 1.54) is 4.90 Å². The van der Waals surface area contributed by atoms with E-state index in [0.717, 1.165) is 4.47 Å². The molecule has 0 spiro atoms. The molecule has 0 aromatic carbocycles. The molecule has 9 heteroatoms. The summed E-state index contributed by atoms with van der Waals surface area (Å²) in [6.45, 7) is 5.58. The van der Waals surface area contributed by atoms with E-state index in [4.69, 9.17) is 5.73 Å². The maximum Gasteiger partial charge on any atom is 0.245 e. The van der Waals surface area contributed by atoms with Crippen LogP contribution in [0.15, 0.2) is 22.8 Å². The third kappa shape index (κ3) is 7.97. The quantitative estimate of drug-likeness (QED) is 0.769. The lowest BCUT2D eigenvalue weighted by atomic mass is 9.86. The number of amides is 2. The first kappa shape index (κ1) is 24.4. The van der Waals surface area contributed by atoms with Crippen molar-refractivity contribution in [1.82, 2.24) is 9.88 Å². The number of anilines is 1. The Kier molecular flexibility index (Phi) is 10.7. The van der Waals surface area contributed by atoms with E-state index < -0.39 is 6.04 Å². The van der Waals surface area contributed by atoms with Crippen molar-refractivity contribution in [2.45, 2.75) is 26.8 Å². The Morgan fingerprint density at radius 1 is 1.35 bits per heavy atom. The number of hydrogen-bond acceptors (Lipinski definition) is 4. The molecule has 0 saturated carbocycles. The summed E-state index contributed by atoms with van der Waals surface area (Å²) in [4.78, 5) is 29.4. The molecule has 1 atom stereocenters. The summed E-state index contributed by atoms with van der Waals surface area (Å²) >= 11 is 3.26. The van der Waals surface area contributed by atoms with Crippen LogP contribution in [-0.4, -0.2) is 41.3 Å². The minimum atomic E-state index is -0.652. The van der Waals surface area contributed by atoms with Crippen molar-refractivity contribution in [2.75, 3.05) is 18.9 Å². The van der Waals surface area contributed by atoms with Crippen LogP contribution in [0.25, 0.3) is 0 Å². The van der Waals surface area contributed by atoms with Gasteiger partial charge in [-0.25, -0.2) is 4.98 Å². The number of nitrogens with zero attached hydrogens (tertiary/aromatic N) is 2. The second-order valence-corrected chi connectivity index (χ2v) is 6.86. The molecule has 23 heavy (non-hydrogen) atoms. The van der Waals surface area contributed by atoms with Gasteiger partial charge < -0.3 is 16.0 Å². The third-order valence-electron chi connectivity index (χ3n) is 2.95. The minimum absolute atomic E-state index is 0. The lowest BCUT2D eigenvalue weighted by Crippen LogP contribution is -2.50. The Morgan fingerprint density at radius 2 is 1.91 bits per heavy atom. The standard InChI is InChI=1S/C14H21BrN4O2.2ClH/c1-14(2,3)12(16)13(21)19(4)8-11(20)18-10-6-5-9(15)7-17-10;;/h5-7,12H,8,16H2,1-4H3,(H,17,18,20);2*1H/t12-;;/m1../s1. The molecule has 0 unspecified atom stereocenters. The molecule has 0 aliphatic carbocycles. The summed E-state index contributed by atoms with van der Waals surface area (Å²) in [6.07, 6.45) is 1.58. The predicted molar refractivity (Wildman–Crippen MR) is 100 cm³/mol. The fourth-order valence-corrected chi connectivity index (χ4v) is 1.77. The third-order valence-corrected chi connectivity index (χ3v) is 3.42. The molecule has 0 aliphatic heterocycles. The van der Waals surface area contributed by atoms with Gasteiger partial charge in [0.25, 0.3) is 0 Å². The average Bonchev–Trinajstić information content (AvgIpc) is 2.38. The molecular weight excluding hydrogens is 407 g/mol. The average molecular weight is 430 g/mol. The van der Waals surface area contributed by atoms with Crippen molar-refractivity contribution in [3.05, 3.63) is 22.8 Å². The summed E-state index contributed by atoms with van der Waals surface area (Å²) in [5.41, 5.74) is 5.55. The van der Waals surface area contributed by atoms with Crippen LogP contribution in [0, 0.1) is 5.41 Å². The zero-order valence-electron chi connectivity index (χ0n) is 13.5. The molecule has 1 rings (SSSR count). The Balaban J connectivity index is 0. The molecule has 0 radical (unpaired) electrons. The van der Waals surface area contributed by atoms with Crippen LogP contribution in [0.3, 0.4) is 0 Å². The second kappa shape index (κ2) is 10.1. The molecule has 3 N–H and O–H groups in total. The smallest absolute Gasteiger partial charge is 0.245 e. The zero-order chi connectivity index (χ0) is 16.2. The van der Waals surface area contributed by atoms with E-state index in [1.807, 2.05) is 20.8 Å². The van der Waals surface area contributed by atoms with Gasteiger partial charge >= 0.3 is 0 Å². The van der Waals surface area contributed by atoms with Crippen molar-refractivity contribution in [1.29, 1.82) is 0 Å². The SMILES string of the molecule is CN(CC(=O)Nc1ccc(Br)cn1)C(=O)[C@@H](N)C(C)(C)C.Cl.Cl. The largest absolute Gasteiger partial charge is 0.335 e. The summed E-state index contributed by atoms with van der Waals surface area (Å²) in [7, 11) is 1.56.